The lowest BCUT2D eigenvalue weighted by Crippen LogP contribution is -2.29. The van der Waals surface area contributed by atoms with E-state index in [2.05, 4.69) is 68.4 Å². The lowest BCUT2D eigenvalue weighted by Gasteiger charge is -2.22. The lowest BCUT2D eigenvalue weighted by molar-refractivity contribution is -0.136. The Morgan fingerprint density at radius 1 is 0.521 bits per heavy atom. The van der Waals surface area contributed by atoms with Crippen molar-refractivity contribution in [2.24, 2.45) is 0 Å². The molecule has 0 aromatic heterocycles. The summed E-state index contributed by atoms with van der Waals surface area (Å²) in [6, 6.07) is 46.7. The molecule has 3 N–H and O–H groups in total. The molecule has 0 fully saturated rings. The number of nitrogens with one attached hydrogen (secondary N) is 1. The average Bonchev–Trinajstić information content (AvgIpc) is 1.65. The van der Waals surface area contributed by atoms with Crippen molar-refractivity contribution in [2.75, 3.05) is 0 Å². The second kappa shape index (κ2) is 34.3. The van der Waals surface area contributed by atoms with Crippen LogP contribution >= 0.6 is 125 Å². The van der Waals surface area contributed by atoms with Crippen molar-refractivity contribution in [3.63, 3.8) is 0 Å². The first-order valence-corrected chi connectivity index (χ1v) is 33.8. The lowest BCUT2D eigenvalue weighted by atomic mass is 9.98. The number of aliphatic carboxylic acids is 1. The van der Waals surface area contributed by atoms with E-state index < -0.39 is 12.1 Å². The summed E-state index contributed by atoms with van der Waals surface area (Å²) < 4.78 is 2.27. The fourth-order valence-corrected chi connectivity index (χ4v) is 14.6. The van der Waals surface area contributed by atoms with Crippen LogP contribution in [0.5, 0.6) is 0 Å². The molecule has 0 saturated carbocycles. The molecule has 12 rings (SSSR count). The van der Waals surface area contributed by atoms with Crippen molar-refractivity contribution in [2.45, 2.75) is 117 Å². The third-order valence-corrected chi connectivity index (χ3v) is 20.8. The smallest absolute Gasteiger partial charge is 0.307 e. The minimum atomic E-state index is -0.996. The summed E-state index contributed by atoms with van der Waals surface area (Å²) in [7, 11) is 0. The molecule has 94 heavy (non-hydrogen) atoms. The zero-order chi connectivity index (χ0) is 67.5. The number of amides is 3. The van der Waals surface area contributed by atoms with E-state index >= 15 is 0 Å². The van der Waals surface area contributed by atoms with Crippen LogP contribution in [0.1, 0.15) is 153 Å². The molecule has 0 spiro atoms. The molecule has 4 aliphatic rings. The van der Waals surface area contributed by atoms with E-state index in [4.69, 9.17) is 91.6 Å². The SMILES string of the molecule is CC(O)c1cccc2c1CN(C(=O)Cc1c(Cl)cccc1Cl)[C@H]2C.C[C@@H]1NCc2c(Br)cccc21.C[C@H]1c2cccc(Br)c2CN1C(=O)Cc1c(Cl)cccc1Cl.C[C@H]1c2cccc(C=O)c2CN1C(=O)Cc1c(Cl)cccc1Cl.Cl.N#Cc1cccc(Cl)c1CC(=O)O. The number of nitriles is 1. The van der Waals surface area contributed by atoms with Gasteiger partial charge in [-0.1, -0.05) is 198 Å². The van der Waals surface area contributed by atoms with E-state index in [1.807, 2.05) is 79.1 Å². The van der Waals surface area contributed by atoms with Crippen LogP contribution in [-0.4, -0.2) is 54.9 Å². The summed E-state index contributed by atoms with van der Waals surface area (Å²) in [6.45, 7) is 12.5. The minimum absolute atomic E-state index is 0. The number of nitrogens with zero attached hydrogens (tertiary/aromatic N) is 4. The number of aliphatic hydroxyl groups excluding tert-OH is 1. The van der Waals surface area contributed by atoms with E-state index in [9.17, 15) is 29.1 Å². The van der Waals surface area contributed by atoms with Gasteiger partial charge < -0.3 is 30.2 Å². The van der Waals surface area contributed by atoms with Crippen molar-refractivity contribution in [1.82, 2.24) is 20.0 Å². The quantitative estimate of drug-likeness (QED) is 0.113. The number of carbonyl (C=O) groups is 5. The number of hydrogen-bond donors (Lipinski definition) is 3. The van der Waals surface area contributed by atoms with E-state index in [0.29, 0.717) is 94.2 Å². The molecule has 0 radical (unpaired) electrons. The molecule has 5 atom stereocenters. The van der Waals surface area contributed by atoms with Crippen LogP contribution in [0.3, 0.4) is 0 Å². The minimum Gasteiger partial charge on any atom is -0.481 e. The van der Waals surface area contributed by atoms with Gasteiger partial charge in [-0.3, -0.25) is 24.0 Å². The van der Waals surface area contributed by atoms with Crippen molar-refractivity contribution in [3.05, 3.63) is 273 Å². The second-order valence-electron chi connectivity index (χ2n) is 22.5. The third kappa shape index (κ3) is 17.8. The van der Waals surface area contributed by atoms with Crippen LogP contribution in [0.25, 0.3) is 0 Å². The molecule has 22 heteroatoms. The summed E-state index contributed by atoms with van der Waals surface area (Å²) in [5.74, 6) is -1.04. The number of fused-ring (bicyclic) bond motifs is 4. The van der Waals surface area contributed by atoms with Crippen LogP contribution in [0, 0.1) is 11.3 Å². The molecule has 3 amide bonds. The molecule has 1 unspecified atom stereocenters. The summed E-state index contributed by atoms with van der Waals surface area (Å²) in [6.07, 6.45) is 0.593. The number of carboxylic acids is 1. The summed E-state index contributed by atoms with van der Waals surface area (Å²) in [5, 5.41) is 33.9. The topological polar surface area (TPSA) is 171 Å². The van der Waals surface area contributed by atoms with Gasteiger partial charge in [0.05, 0.1) is 61.5 Å². The van der Waals surface area contributed by atoms with Gasteiger partial charge in [-0.25, -0.2) is 0 Å². The first-order chi connectivity index (χ1) is 44.3. The van der Waals surface area contributed by atoms with Crippen molar-refractivity contribution in [3.8, 4) is 6.07 Å². The molecular formula is C72H65Br2Cl8N5O7. The number of benzene rings is 8. The van der Waals surface area contributed by atoms with E-state index in [1.165, 1.54) is 26.7 Å². The summed E-state index contributed by atoms with van der Waals surface area (Å²) in [5.41, 5.74) is 13.5. The number of halogens is 10. The van der Waals surface area contributed by atoms with Crippen LogP contribution in [0.2, 0.25) is 35.2 Å². The molecule has 0 saturated heterocycles. The maximum absolute atomic E-state index is 12.8. The molecule has 4 heterocycles. The monoisotopic (exact) mass is 1550 g/mol. The maximum Gasteiger partial charge on any atom is 0.307 e. The second-order valence-corrected chi connectivity index (χ2v) is 27.1. The van der Waals surface area contributed by atoms with Gasteiger partial charge in [0.25, 0.3) is 0 Å². The summed E-state index contributed by atoms with van der Waals surface area (Å²) in [4.78, 5) is 65.3. The average molecular weight is 1560 g/mol. The fraction of sp³-hybridized carbons (Fsp3) is 0.250. The Morgan fingerprint density at radius 2 is 0.872 bits per heavy atom. The number of hydrogen-bond acceptors (Lipinski definition) is 8. The Hall–Kier alpha value is -6.00. The summed E-state index contributed by atoms with van der Waals surface area (Å²) >= 11 is 49.8. The predicted octanol–water partition coefficient (Wildman–Crippen LogP) is 19.4. The largest absolute Gasteiger partial charge is 0.481 e. The Labute approximate surface area is 605 Å². The van der Waals surface area contributed by atoms with E-state index in [-0.39, 0.29) is 73.9 Å². The number of rotatable bonds is 10. The van der Waals surface area contributed by atoms with Crippen molar-refractivity contribution < 1.29 is 34.2 Å². The molecular weight excluding hydrogens is 1490 g/mol. The van der Waals surface area contributed by atoms with Gasteiger partial charge in [0.2, 0.25) is 17.7 Å². The Kier molecular flexibility index (Phi) is 27.5. The Bertz CT molecular complexity index is 4130. The fourth-order valence-electron chi connectivity index (χ4n) is 11.8. The zero-order valence-corrected chi connectivity index (χ0v) is 60.8. The molecule has 490 valence electrons. The normalized spacial score (nSPS) is 16.3. The predicted molar refractivity (Wildman–Crippen MR) is 385 cm³/mol. The van der Waals surface area contributed by atoms with Gasteiger partial charge in [0.1, 0.15) is 6.29 Å². The number of carbonyl (C=O) groups excluding carboxylic acids is 4. The molecule has 0 bridgehead atoms. The molecule has 8 aromatic rings. The van der Waals surface area contributed by atoms with Crippen LogP contribution < -0.4 is 5.32 Å². The Morgan fingerprint density at radius 3 is 1.28 bits per heavy atom. The highest BCUT2D eigenvalue weighted by Gasteiger charge is 2.35. The van der Waals surface area contributed by atoms with E-state index in [0.717, 1.165) is 45.1 Å². The van der Waals surface area contributed by atoms with Crippen molar-refractivity contribution in [1.29, 1.82) is 5.26 Å². The van der Waals surface area contributed by atoms with Gasteiger partial charge >= 0.3 is 5.97 Å². The van der Waals surface area contributed by atoms with Crippen LogP contribution in [-0.2, 0) is 71.0 Å². The first-order valence-electron chi connectivity index (χ1n) is 29.6. The number of carboxylic acid groups (broad SMARTS) is 1. The van der Waals surface area contributed by atoms with Gasteiger partial charge in [-0.15, -0.1) is 12.4 Å². The maximum atomic E-state index is 12.8. The highest BCUT2D eigenvalue weighted by Crippen LogP contribution is 2.41. The third-order valence-electron chi connectivity index (χ3n) is 16.9. The highest BCUT2D eigenvalue weighted by atomic mass is 79.9. The number of aliphatic hydroxyl groups is 1. The van der Waals surface area contributed by atoms with Gasteiger partial charge in [0.15, 0.2) is 0 Å². The molecule has 8 aromatic carbocycles. The first kappa shape index (κ1) is 75.4. The van der Waals surface area contributed by atoms with E-state index in [1.54, 1.807) is 90.7 Å². The van der Waals surface area contributed by atoms with Gasteiger partial charge in [0, 0.05) is 81.9 Å². The molecule has 4 aliphatic heterocycles. The van der Waals surface area contributed by atoms with Crippen LogP contribution in [0.15, 0.2) is 155 Å². The van der Waals surface area contributed by atoms with Gasteiger partial charge in [-0.2, -0.15) is 5.26 Å². The standard InChI is InChI=1S/C19H19Cl2NO2.C18H15Cl2NO2.C17H14BrCl2NO.C9H10BrN.C9H6ClNO2.ClH/c1-11-13-5-3-6-14(12(2)23)16(13)10-22(11)19(24)9-15-17(20)7-4-8-18(15)21;1-11-13-5-2-4-12(10-22)15(13)9-21(11)18(23)8-14-16(19)6-3-7-17(14)20;1-10-11-4-2-5-14(18)13(11)9-21(10)17(22)8-12-15(19)6-3-7-16(12)20;1-6-7-3-2-4-9(10)8(7)5-11-6;10-8-3-1-2-6(5-11)7(8)4-9(12)13;/h3-8,11-12,23H,9-10H2,1-2H3;2-7,10-11H,8-9H2,1H3;2-7,10H,8-9H2,1H3;2-4,6,11H,5H2,1H3;1-3H,4H2,(H,12,13);1H/t11-,12?;11-;10-;6-;;/m0000../s1. The van der Waals surface area contributed by atoms with Gasteiger partial charge in [-0.05, 0) is 168 Å². The zero-order valence-electron chi connectivity index (χ0n) is 51.5. The van der Waals surface area contributed by atoms with Crippen molar-refractivity contribution >= 4 is 155 Å². The number of aldehydes is 1. The highest BCUT2D eigenvalue weighted by molar-refractivity contribution is 9.10. The van der Waals surface area contributed by atoms with Crippen LogP contribution in [0.4, 0.5) is 0 Å². The molecule has 0 aliphatic carbocycles. The molecule has 12 nitrogen and oxygen atoms in total. The Balaban J connectivity index is 0.000000170.